The van der Waals surface area contributed by atoms with E-state index in [1.165, 1.54) is 0 Å². The minimum Gasteiger partial charge on any atom is -0.326 e. The Bertz CT molecular complexity index is 377. The Morgan fingerprint density at radius 1 is 1.33 bits per heavy atom. The second-order valence-corrected chi connectivity index (χ2v) is 2.77. The topological polar surface area (TPSA) is 75.5 Å². The summed E-state index contributed by atoms with van der Waals surface area (Å²) < 4.78 is 0. The van der Waals surface area contributed by atoms with E-state index < -0.39 is 0 Å². The van der Waals surface area contributed by atoms with Gasteiger partial charge in [-0.2, -0.15) is 10.2 Å². The zero-order valence-corrected chi connectivity index (χ0v) is 8.59. The first kappa shape index (κ1) is 11.2. The normalized spacial score (nSPS) is 12.0. The Kier molecular flexibility index (Phi) is 4.30. The molecule has 0 radical (unpaired) electrons. The summed E-state index contributed by atoms with van der Waals surface area (Å²) in [6.07, 6.45) is 0. The van der Waals surface area contributed by atoms with Gasteiger partial charge in [0, 0.05) is 25.9 Å². The highest BCUT2D eigenvalue weighted by molar-refractivity contribution is 5.99. The van der Waals surface area contributed by atoms with Crippen LogP contribution in [0.5, 0.6) is 0 Å². The fourth-order valence-electron chi connectivity index (χ4n) is 1.09. The van der Waals surface area contributed by atoms with Crippen LogP contribution in [0.3, 0.4) is 0 Å². The number of rotatable bonds is 3. The predicted octanol–water partition coefficient (Wildman–Crippen LogP) is 1.59. The SMILES string of the molecule is C=N/N=C(\N=NC)c1ccc(CN)cc1. The van der Waals surface area contributed by atoms with E-state index in [2.05, 4.69) is 27.1 Å². The highest BCUT2D eigenvalue weighted by Crippen LogP contribution is 2.06. The van der Waals surface area contributed by atoms with Gasteiger partial charge in [-0.05, 0) is 5.56 Å². The van der Waals surface area contributed by atoms with Gasteiger partial charge in [-0.25, -0.2) is 0 Å². The number of hydrogen-bond acceptors (Lipinski definition) is 4. The van der Waals surface area contributed by atoms with Crippen LogP contribution in [0.4, 0.5) is 0 Å². The van der Waals surface area contributed by atoms with Gasteiger partial charge in [0.2, 0.25) is 5.84 Å². The van der Waals surface area contributed by atoms with Crippen LogP contribution in [0, 0.1) is 0 Å². The number of hydrogen-bond donors (Lipinski definition) is 1. The van der Waals surface area contributed by atoms with Crippen LogP contribution in [-0.2, 0) is 6.54 Å². The molecule has 15 heavy (non-hydrogen) atoms. The number of nitrogens with zero attached hydrogens (tertiary/aromatic N) is 4. The number of azo groups is 1. The molecule has 1 aromatic carbocycles. The summed E-state index contributed by atoms with van der Waals surface area (Å²) >= 11 is 0. The molecule has 0 saturated carbocycles. The van der Waals surface area contributed by atoms with Crippen molar-refractivity contribution in [3.8, 4) is 0 Å². The third-order valence-corrected chi connectivity index (χ3v) is 1.81. The third kappa shape index (κ3) is 3.07. The Hall–Kier alpha value is -1.88. The van der Waals surface area contributed by atoms with Crippen molar-refractivity contribution < 1.29 is 0 Å². The zero-order valence-electron chi connectivity index (χ0n) is 8.59. The molecular formula is C10H13N5. The summed E-state index contributed by atoms with van der Waals surface area (Å²) in [7, 11) is 1.58. The minimum atomic E-state index is 0.441. The van der Waals surface area contributed by atoms with E-state index in [9.17, 15) is 0 Å². The molecule has 0 aliphatic heterocycles. The van der Waals surface area contributed by atoms with Gasteiger partial charge >= 0.3 is 0 Å². The fraction of sp³-hybridized carbons (Fsp3) is 0.200. The van der Waals surface area contributed by atoms with E-state index in [1.54, 1.807) is 7.05 Å². The van der Waals surface area contributed by atoms with Gasteiger partial charge in [0.1, 0.15) is 0 Å². The number of benzene rings is 1. The van der Waals surface area contributed by atoms with Crippen molar-refractivity contribution in [1.29, 1.82) is 0 Å². The lowest BCUT2D eigenvalue weighted by Gasteiger charge is -1.99. The molecule has 2 N–H and O–H groups in total. The lowest BCUT2D eigenvalue weighted by Crippen LogP contribution is -1.99. The van der Waals surface area contributed by atoms with Crippen molar-refractivity contribution in [1.82, 2.24) is 0 Å². The maximum atomic E-state index is 5.49. The van der Waals surface area contributed by atoms with Crippen LogP contribution >= 0.6 is 0 Å². The Balaban J connectivity index is 3.02. The predicted molar refractivity (Wildman–Crippen MR) is 61.2 cm³/mol. The van der Waals surface area contributed by atoms with Crippen LogP contribution < -0.4 is 5.73 Å². The monoisotopic (exact) mass is 203 g/mol. The van der Waals surface area contributed by atoms with Crippen molar-refractivity contribution in [3.63, 3.8) is 0 Å². The van der Waals surface area contributed by atoms with Crippen molar-refractivity contribution in [2.45, 2.75) is 6.54 Å². The summed E-state index contributed by atoms with van der Waals surface area (Å²) in [5.41, 5.74) is 7.38. The first-order valence-electron chi connectivity index (χ1n) is 4.44. The van der Waals surface area contributed by atoms with Gasteiger partial charge in [0.05, 0.1) is 0 Å². The van der Waals surface area contributed by atoms with Crippen LogP contribution in [0.2, 0.25) is 0 Å². The van der Waals surface area contributed by atoms with Gasteiger partial charge < -0.3 is 5.73 Å². The first-order valence-corrected chi connectivity index (χ1v) is 4.44. The molecule has 0 aromatic heterocycles. The van der Waals surface area contributed by atoms with Gasteiger partial charge in [0.25, 0.3) is 0 Å². The molecule has 0 aliphatic carbocycles. The molecular weight excluding hydrogens is 190 g/mol. The van der Waals surface area contributed by atoms with Gasteiger partial charge in [-0.15, -0.1) is 10.2 Å². The average molecular weight is 203 g/mol. The van der Waals surface area contributed by atoms with Crippen molar-refractivity contribution >= 4 is 12.6 Å². The van der Waals surface area contributed by atoms with E-state index in [-0.39, 0.29) is 0 Å². The lowest BCUT2D eigenvalue weighted by atomic mass is 10.1. The molecule has 0 spiro atoms. The highest BCUT2D eigenvalue weighted by Gasteiger charge is 2.01. The van der Waals surface area contributed by atoms with E-state index >= 15 is 0 Å². The summed E-state index contributed by atoms with van der Waals surface area (Å²) in [5.74, 6) is 0.441. The van der Waals surface area contributed by atoms with Crippen LogP contribution in [-0.4, -0.2) is 19.6 Å². The van der Waals surface area contributed by atoms with E-state index in [1.807, 2.05) is 24.3 Å². The third-order valence-electron chi connectivity index (χ3n) is 1.81. The first-order chi connectivity index (χ1) is 7.31. The van der Waals surface area contributed by atoms with Crippen molar-refractivity contribution in [2.75, 3.05) is 7.05 Å². The Labute approximate surface area is 88.4 Å². The molecule has 0 atom stereocenters. The van der Waals surface area contributed by atoms with Gasteiger partial charge in [-0.3, -0.25) is 0 Å². The van der Waals surface area contributed by atoms with Gasteiger partial charge in [0.15, 0.2) is 0 Å². The number of nitrogens with two attached hydrogens (primary N) is 1. The Morgan fingerprint density at radius 3 is 2.47 bits per heavy atom. The molecule has 0 fully saturated rings. The van der Waals surface area contributed by atoms with Crippen molar-refractivity contribution in [3.05, 3.63) is 35.4 Å². The molecule has 0 aliphatic rings. The van der Waals surface area contributed by atoms with E-state index in [4.69, 9.17) is 5.73 Å². The molecule has 5 heteroatoms. The quantitative estimate of drug-likeness (QED) is 0.344. The molecule has 1 aromatic rings. The summed E-state index contributed by atoms with van der Waals surface area (Å²) in [6, 6.07) is 7.58. The molecule has 78 valence electrons. The molecule has 0 bridgehead atoms. The van der Waals surface area contributed by atoms with Crippen molar-refractivity contribution in [2.24, 2.45) is 26.2 Å². The molecule has 0 saturated heterocycles. The number of amidine groups is 1. The zero-order chi connectivity index (χ0) is 11.1. The maximum Gasteiger partial charge on any atom is 0.202 e. The van der Waals surface area contributed by atoms with Crippen LogP contribution in [0.25, 0.3) is 0 Å². The van der Waals surface area contributed by atoms with E-state index in [0.29, 0.717) is 12.4 Å². The molecule has 0 heterocycles. The smallest absolute Gasteiger partial charge is 0.202 e. The van der Waals surface area contributed by atoms with Crippen LogP contribution in [0.15, 0.2) is 44.7 Å². The molecule has 1 rings (SSSR count). The van der Waals surface area contributed by atoms with Gasteiger partial charge in [-0.1, -0.05) is 24.3 Å². The second kappa shape index (κ2) is 5.77. The maximum absolute atomic E-state index is 5.49. The second-order valence-electron chi connectivity index (χ2n) is 2.77. The fourth-order valence-corrected chi connectivity index (χ4v) is 1.09. The van der Waals surface area contributed by atoms with E-state index in [0.717, 1.165) is 11.1 Å². The molecule has 0 unspecified atom stereocenters. The minimum absolute atomic E-state index is 0.441. The molecule has 5 nitrogen and oxygen atoms in total. The summed E-state index contributed by atoms with van der Waals surface area (Å²) in [4.78, 5) is 0. The Morgan fingerprint density at radius 2 is 2.00 bits per heavy atom. The molecule has 0 amide bonds. The highest BCUT2D eigenvalue weighted by atomic mass is 15.3. The summed E-state index contributed by atoms with van der Waals surface area (Å²) in [5, 5.41) is 14.7. The lowest BCUT2D eigenvalue weighted by molar-refractivity contribution is 1.07. The van der Waals surface area contributed by atoms with Crippen LogP contribution in [0.1, 0.15) is 11.1 Å². The average Bonchev–Trinajstić information content (AvgIpc) is 2.29. The largest absolute Gasteiger partial charge is 0.326 e. The standard InChI is InChI=1S/C10H13N5/c1-12-14-10(15-13-2)9-5-3-8(7-11)4-6-9/h3-6H,1,7,11H2,2H3/b14-10-,15-13?. The summed E-state index contributed by atoms with van der Waals surface area (Å²) in [6.45, 7) is 3.80.